The van der Waals surface area contributed by atoms with Crippen LogP contribution < -0.4 is 14.9 Å². The molecule has 2 aromatic carbocycles. The summed E-state index contributed by atoms with van der Waals surface area (Å²) in [6, 6.07) is 13.8. The van der Waals surface area contributed by atoms with Gasteiger partial charge in [0, 0.05) is 29.6 Å². The van der Waals surface area contributed by atoms with Gasteiger partial charge in [-0.15, -0.1) is 0 Å². The number of halogens is 2. The Labute approximate surface area is 186 Å². The molecule has 6 nitrogen and oxygen atoms in total. The summed E-state index contributed by atoms with van der Waals surface area (Å²) in [5, 5.41) is 3.12. The van der Waals surface area contributed by atoms with E-state index in [0.29, 0.717) is 47.0 Å². The number of hydrogen-bond acceptors (Lipinski definition) is 5. The van der Waals surface area contributed by atoms with Gasteiger partial charge in [-0.05, 0) is 67.3 Å². The van der Waals surface area contributed by atoms with Crippen LogP contribution >= 0.6 is 23.2 Å². The highest BCUT2D eigenvalue weighted by Gasteiger charge is 2.22. The van der Waals surface area contributed by atoms with Gasteiger partial charge in [-0.25, -0.2) is 5.01 Å². The summed E-state index contributed by atoms with van der Waals surface area (Å²) in [6.07, 6.45) is 2.16. The number of hydrogen-bond donors (Lipinski definition) is 1. The predicted molar refractivity (Wildman–Crippen MR) is 116 cm³/mol. The Balaban J connectivity index is 1.31. The predicted octanol–water partition coefficient (Wildman–Crippen LogP) is 4.15. The number of hydrazine groups is 1. The summed E-state index contributed by atoms with van der Waals surface area (Å²) >= 11 is 11.7. The minimum absolute atomic E-state index is 0.0562. The second-order valence-corrected chi connectivity index (χ2v) is 8.07. The van der Waals surface area contributed by atoms with E-state index < -0.39 is 0 Å². The molecule has 0 radical (unpaired) electrons. The third-order valence-electron chi connectivity index (χ3n) is 4.81. The van der Waals surface area contributed by atoms with E-state index in [1.165, 1.54) is 0 Å². The number of carbonyl (C=O) groups excluding carboxylic acids is 2. The number of amides is 1. The molecule has 3 rings (SSSR count). The SMILES string of the molecule is O=C(COc1ccc(Cl)cc1)CC1CCN(NC(=O)COc2ccc(Cl)cc2)CC1. The first-order valence-electron chi connectivity index (χ1n) is 9.81. The van der Waals surface area contributed by atoms with Gasteiger partial charge < -0.3 is 9.47 Å². The van der Waals surface area contributed by atoms with E-state index >= 15 is 0 Å². The molecule has 0 spiro atoms. The molecule has 1 heterocycles. The Kier molecular flexibility index (Phi) is 8.37. The molecule has 1 saturated heterocycles. The lowest BCUT2D eigenvalue weighted by molar-refractivity contribution is -0.129. The van der Waals surface area contributed by atoms with Gasteiger partial charge in [0.25, 0.3) is 5.91 Å². The van der Waals surface area contributed by atoms with Gasteiger partial charge >= 0.3 is 0 Å². The summed E-state index contributed by atoms with van der Waals surface area (Å²) in [6.45, 7) is 1.38. The molecule has 0 aromatic heterocycles. The third-order valence-corrected chi connectivity index (χ3v) is 5.31. The molecule has 1 N–H and O–H groups in total. The molecular formula is C22H24Cl2N2O4. The Morgan fingerprint density at radius 2 is 1.37 bits per heavy atom. The summed E-state index contributed by atoms with van der Waals surface area (Å²) in [5.74, 6) is 1.38. The molecule has 0 atom stereocenters. The number of nitrogens with one attached hydrogen (secondary N) is 1. The molecule has 1 amide bonds. The van der Waals surface area contributed by atoms with Crippen molar-refractivity contribution < 1.29 is 19.1 Å². The number of ether oxygens (including phenoxy) is 2. The minimum atomic E-state index is -0.212. The first kappa shape index (κ1) is 22.4. The van der Waals surface area contributed by atoms with Crippen molar-refractivity contribution in [1.29, 1.82) is 0 Å². The van der Waals surface area contributed by atoms with Crippen molar-refractivity contribution in [3.63, 3.8) is 0 Å². The smallest absolute Gasteiger partial charge is 0.272 e. The second-order valence-electron chi connectivity index (χ2n) is 7.19. The van der Waals surface area contributed by atoms with Crippen molar-refractivity contribution in [1.82, 2.24) is 10.4 Å². The van der Waals surface area contributed by atoms with E-state index in [1.54, 1.807) is 48.5 Å². The molecule has 1 aliphatic rings. The second kappa shape index (κ2) is 11.2. The minimum Gasteiger partial charge on any atom is -0.486 e. The van der Waals surface area contributed by atoms with E-state index in [9.17, 15) is 9.59 Å². The van der Waals surface area contributed by atoms with Gasteiger partial charge in [0.2, 0.25) is 0 Å². The lowest BCUT2D eigenvalue weighted by atomic mass is 9.92. The first-order chi connectivity index (χ1) is 14.5. The molecule has 0 saturated carbocycles. The van der Waals surface area contributed by atoms with Crippen molar-refractivity contribution in [3.05, 3.63) is 58.6 Å². The van der Waals surface area contributed by atoms with Gasteiger partial charge in [-0.1, -0.05) is 23.2 Å². The average molecular weight is 451 g/mol. The summed E-state index contributed by atoms with van der Waals surface area (Å²) < 4.78 is 11.0. The number of piperidine rings is 1. The lowest BCUT2D eigenvalue weighted by Gasteiger charge is -2.31. The van der Waals surface area contributed by atoms with Crippen molar-refractivity contribution >= 4 is 34.9 Å². The number of rotatable bonds is 9. The molecule has 2 aromatic rings. The van der Waals surface area contributed by atoms with Crippen LogP contribution in [0.15, 0.2) is 48.5 Å². The quantitative estimate of drug-likeness (QED) is 0.621. The molecule has 0 bridgehead atoms. The van der Waals surface area contributed by atoms with Crippen LogP contribution in [0.25, 0.3) is 0 Å². The van der Waals surface area contributed by atoms with Gasteiger partial charge in [-0.3, -0.25) is 15.0 Å². The summed E-state index contributed by atoms with van der Waals surface area (Å²) in [5.41, 5.74) is 2.85. The number of ketones is 1. The summed E-state index contributed by atoms with van der Waals surface area (Å²) in [7, 11) is 0. The standard InChI is InChI=1S/C22H24Cl2N2O4/c23-17-1-5-20(6-2-17)29-14-19(27)13-16-9-11-26(12-10-16)25-22(28)15-30-21-7-3-18(24)4-8-21/h1-8,16H,9-15H2,(H,25,28). The number of carbonyl (C=O) groups is 2. The largest absolute Gasteiger partial charge is 0.486 e. The van der Waals surface area contributed by atoms with Crippen LogP contribution in [-0.2, 0) is 9.59 Å². The first-order valence-corrected chi connectivity index (χ1v) is 10.6. The zero-order valence-corrected chi connectivity index (χ0v) is 18.0. The van der Waals surface area contributed by atoms with Gasteiger partial charge in [-0.2, -0.15) is 0 Å². The molecule has 30 heavy (non-hydrogen) atoms. The summed E-state index contributed by atoms with van der Waals surface area (Å²) in [4.78, 5) is 24.3. The lowest BCUT2D eigenvalue weighted by Crippen LogP contribution is -2.48. The van der Waals surface area contributed by atoms with Crippen LogP contribution in [0.3, 0.4) is 0 Å². The zero-order valence-electron chi connectivity index (χ0n) is 16.5. The van der Waals surface area contributed by atoms with Gasteiger partial charge in [0.1, 0.15) is 18.1 Å². The number of benzene rings is 2. The van der Waals surface area contributed by atoms with Crippen LogP contribution in [0, 0.1) is 5.92 Å². The van der Waals surface area contributed by atoms with E-state index in [1.807, 2.05) is 5.01 Å². The Morgan fingerprint density at radius 1 is 0.867 bits per heavy atom. The van der Waals surface area contributed by atoms with E-state index in [4.69, 9.17) is 32.7 Å². The maximum atomic E-state index is 12.2. The molecule has 160 valence electrons. The highest BCUT2D eigenvalue weighted by Crippen LogP contribution is 2.21. The Hall–Kier alpha value is -2.28. The van der Waals surface area contributed by atoms with Crippen molar-refractivity contribution in [2.24, 2.45) is 5.92 Å². The van der Waals surface area contributed by atoms with Crippen molar-refractivity contribution in [2.75, 3.05) is 26.3 Å². The number of Topliss-reactive ketones (excluding diaryl/α,β-unsaturated/α-hetero) is 1. The van der Waals surface area contributed by atoms with E-state index in [2.05, 4.69) is 5.43 Å². The third kappa shape index (κ3) is 7.52. The van der Waals surface area contributed by atoms with Crippen molar-refractivity contribution in [2.45, 2.75) is 19.3 Å². The molecule has 8 heteroatoms. The van der Waals surface area contributed by atoms with Gasteiger partial charge in [0.15, 0.2) is 12.4 Å². The van der Waals surface area contributed by atoms with Crippen LogP contribution in [0.5, 0.6) is 11.5 Å². The Bertz CT molecular complexity index is 764. The van der Waals surface area contributed by atoms with E-state index in [0.717, 1.165) is 12.8 Å². The normalized spacial score (nSPS) is 14.9. The highest BCUT2D eigenvalue weighted by atomic mass is 35.5. The monoisotopic (exact) mass is 450 g/mol. The molecule has 1 fully saturated rings. The Morgan fingerprint density at radius 3 is 1.90 bits per heavy atom. The fraction of sp³-hybridized carbons (Fsp3) is 0.364. The maximum Gasteiger partial charge on any atom is 0.272 e. The molecular weight excluding hydrogens is 427 g/mol. The van der Waals surface area contributed by atoms with Crippen molar-refractivity contribution in [3.8, 4) is 11.5 Å². The van der Waals surface area contributed by atoms with Crippen LogP contribution in [0.2, 0.25) is 10.0 Å². The van der Waals surface area contributed by atoms with Gasteiger partial charge in [0.05, 0.1) is 0 Å². The maximum absolute atomic E-state index is 12.2. The molecule has 1 aliphatic heterocycles. The zero-order chi connectivity index (χ0) is 21.3. The number of nitrogens with zero attached hydrogens (tertiary/aromatic N) is 1. The van der Waals surface area contributed by atoms with Crippen LogP contribution in [0.1, 0.15) is 19.3 Å². The average Bonchev–Trinajstić information content (AvgIpc) is 2.74. The van der Waals surface area contributed by atoms with Crippen LogP contribution in [-0.4, -0.2) is 43.0 Å². The fourth-order valence-corrected chi connectivity index (χ4v) is 3.46. The fourth-order valence-electron chi connectivity index (χ4n) is 3.21. The van der Waals surface area contributed by atoms with E-state index in [-0.39, 0.29) is 24.9 Å². The molecule has 0 unspecified atom stereocenters. The molecule has 0 aliphatic carbocycles. The topological polar surface area (TPSA) is 67.9 Å². The highest BCUT2D eigenvalue weighted by molar-refractivity contribution is 6.30. The van der Waals surface area contributed by atoms with Crippen LogP contribution in [0.4, 0.5) is 0 Å².